The molecule has 0 saturated carbocycles. The molecule has 104 valence electrons. The number of halogens is 2. The fourth-order valence-electron chi connectivity index (χ4n) is 1.64. The predicted molar refractivity (Wildman–Crippen MR) is 81.2 cm³/mol. The van der Waals surface area contributed by atoms with E-state index < -0.39 is 5.97 Å². The Morgan fingerprint density at radius 2 is 1.75 bits per heavy atom. The van der Waals surface area contributed by atoms with Gasteiger partial charge < -0.3 is 14.9 Å². The van der Waals surface area contributed by atoms with Gasteiger partial charge in [0.15, 0.2) is 0 Å². The van der Waals surface area contributed by atoms with Crippen molar-refractivity contribution in [2.24, 2.45) is 0 Å². The number of aromatic hydroxyl groups is 1. The van der Waals surface area contributed by atoms with Crippen molar-refractivity contribution < 1.29 is 19.7 Å². The van der Waals surface area contributed by atoms with Gasteiger partial charge in [0.25, 0.3) is 0 Å². The second-order valence-electron chi connectivity index (χ2n) is 4.05. The number of hydrogen-bond donors (Lipinski definition) is 2. The Hall–Kier alpha value is -1.53. The average Bonchev–Trinajstić information content (AvgIpc) is 2.36. The Morgan fingerprint density at radius 3 is 2.35 bits per heavy atom. The number of phenols is 1. The maximum absolute atomic E-state index is 10.9. The van der Waals surface area contributed by atoms with Crippen LogP contribution in [-0.4, -0.2) is 16.2 Å². The van der Waals surface area contributed by atoms with Gasteiger partial charge in [0.1, 0.15) is 23.7 Å². The van der Waals surface area contributed by atoms with E-state index in [9.17, 15) is 9.90 Å². The molecular formula is C14H10Br2O4. The number of carboxylic acids is 1. The largest absolute Gasteiger partial charge is 0.507 e. The van der Waals surface area contributed by atoms with Crippen LogP contribution in [0.15, 0.2) is 45.3 Å². The van der Waals surface area contributed by atoms with Crippen LogP contribution in [0, 0.1) is 0 Å². The molecule has 4 nitrogen and oxygen atoms in total. The van der Waals surface area contributed by atoms with E-state index in [4.69, 9.17) is 9.84 Å². The Labute approximate surface area is 132 Å². The summed E-state index contributed by atoms with van der Waals surface area (Å²) >= 11 is 6.77. The monoisotopic (exact) mass is 400 g/mol. The third-order valence-corrected chi connectivity index (χ3v) is 3.44. The van der Waals surface area contributed by atoms with Crippen LogP contribution in [0.4, 0.5) is 0 Å². The number of carbonyl (C=O) groups is 1. The first-order chi connectivity index (χ1) is 9.45. The highest BCUT2D eigenvalue weighted by molar-refractivity contribution is 9.11. The van der Waals surface area contributed by atoms with Crippen LogP contribution in [0.5, 0.6) is 11.5 Å². The van der Waals surface area contributed by atoms with Crippen molar-refractivity contribution in [3.8, 4) is 11.5 Å². The molecule has 2 aromatic rings. The maximum atomic E-state index is 10.9. The van der Waals surface area contributed by atoms with Gasteiger partial charge in [-0.2, -0.15) is 0 Å². The first-order valence-electron chi connectivity index (χ1n) is 5.60. The average molecular weight is 402 g/mol. The number of ether oxygens (including phenoxy) is 1. The lowest BCUT2D eigenvalue weighted by molar-refractivity contribution is 0.0693. The topological polar surface area (TPSA) is 66.8 Å². The maximum Gasteiger partial charge on any atom is 0.339 e. The molecule has 0 aliphatic rings. The van der Waals surface area contributed by atoms with Crippen molar-refractivity contribution in [1.82, 2.24) is 0 Å². The molecule has 6 heteroatoms. The van der Waals surface area contributed by atoms with E-state index in [1.54, 1.807) is 0 Å². The minimum absolute atomic E-state index is 0.182. The quantitative estimate of drug-likeness (QED) is 0.805. The Bertz CT molecular complexity index is 635. The first kappa shape index (κ1) is 14.9. The third kappa shape index (κ3) is 3.74. The van der Waals surface area contributed by atoms with Crippen molar-refractivity contribution in [1.29, 1.82) is 0 Å². The molecule has 0 spiro atoms. The van der Waals surface area contributed by atoms with Crippen LogP contribution >= 0.6 is 31.9 Å². The zero-order chi connectivity index (χ0) is 14.7. The molecule has 0 aliphatic heterocycles. The Morgan fingerprint density at radius 1 is 1.10 bits per heavy atom. The Kier molecular flexibility index (Phi) is 4.67. The Balaban J connectivity index is 2.14. The molecule has 0 amide bonds. The fourth-order valence-corrected chi connectivity index (χ4v) is 3.03. The minimum atomic E-state index is -1.20. The number of carboxylic acid groups (broad SMARTS) is 1. The summed E-state index contributed by atoms with van der Waals surface area (Å²) in [5.41, 5.74) is 0.745. The van der Waals surface area contributed by atoms with Crippen molar-refractivity contribution in [2.75, 3.05) is 0 Å². The minimum Gasteiger partial charge on any atom is -0.507 e. The molecule has 2 aromatic carbocycles. The summed E-state index contributed by atoms with van der Waals surface area (Å²) in [4.78, 5) is 10.9. The second kappa shape index (κ2) is 6.28. The highest BCUT2D eigenvalue weighted by Crippen LogP contribution is 2.25. The van der Waals surface area contributed by atoms with E-state index in [0.29, 0.717) is 12.4 Å². The molecule has 0 saturated heterocycles. The van der Waals surface area contributed by atoms with E-state index in [2.05, 4.69) is 31.9 Å². The summed E-state index contributed by atoms with van der Waals surface area (Å²) in [6.07, 6.45) is 0. The van der Waals surface area contributed by atoms with Gasteiger partial charge in [-0.3, -0.25) is 0 Å². The highest BCUT2D eigenvalue weighted by Gasteiger charge is 2.10. The molecular weight excluding hydrogens is 392 g/mol. The van der Waals surface area contributed by atoms with Crippen LogP contribution in [0.3, 0.4) is 0 Å². The van der Waals surface area contributed by atoms with Gasteiger partial charge in [-0.1, -0.05) is 31.9 Å². The standard InChI is InChI=1S/C14H10Br2O4/c15-9-3-8(4-10(16)5-9)7-20-11-1-2-13(17)12(6-11)14(18)19/h1-6,17H,7H2,(H,18,19). The van der Waals surface area contributed by atoms with Gasteiger partial charge in [-0.15, -0.1) is 0 Å². The van der Waals surface area contributed by atoms with Gasteiger partial charge in [0.05, 0.1) is 0 Å². The summed E-state index contributed by atoms with van der Waals surface area (Å²) in [6.45, 7) is 0.294. The number of benzene rings is 2. The molecule has 2 N–H and O–H groups in total. The van der Waals surface area contributed by atoms with Crippen LogP contribution in [-0.2, 0) is 6.61 Å². The lowest BCUT2D eigenvalue weighted by Crippen LogP contribution is -2.00. The number of aromatic carboxylic acids is 1. The van der Waals surface area contributed by atoms with E-state index in [1.165, 1.54) is 18.2 Å². The molecule has 0 aliphatic carbocycles. The number of rotatable bonds is 4. The molecule has 0 fully saturated rings. The first-order valence-corrected chi connectivity index (χ1v) is 7.18. The van der Waals surface area contributed by atoms with Gasteiger partial charge in [0, 0.05) is 8.95 Å². The van der Waals surface area contributed by atoms with E-state index in [-0.39, 0.29) is 11.3 Å². The lowest BCUT2D eigenvalue weighted by Gasteiger charge is -2.09. The molecule has 0 heterocycles. The summed E-state index contributed by atoms with van der Waals surface area (Å²) in [5.74, 6) is -1.09. The van der Waals surface area contributed by atoms with Crippen LogP contribution in [0.1, 0.15) is 15.9 Å². The molecule has 0 bridgehead atoms. The molecule has 0 unspecified atom stereocenters. The molecule has 0 radical (unpaired) electrons. The fraction of sp³-hybridized carbons (Fsp3) is 0.0714. The van der Waals surface area contributed by atoms with Gasteiger partial charge in [0.2, 0.25) is 0 Å². The zero-order valence-electron chi connectivity index (χ0n) is 10.1. The second-order valence-corrected chi connectivity index (χ2v) is 5.88. The lowest BCUT2D eigenvalue weighted by atomic mass is 10.2. The van der Waals surface area contributed by atoms with Crippen molar-refractivity contribution >= 4 is 37.8 Å². The van der Waals surface area contributed by atoms with Crippen LogP contribution in [0.25, 0.3) is 0 Å². The summed E-state index contributed by atoms with van der Waals surface area (Å²) in [6, 6.07) is 9.84. The smallest absolute Gasteiger partial charge is 0.339 e. The van der Waals surface area contributed by atoms with Gasteiger partial charge in [-0.25, -0.2) is 4.79 Å². The molecule has 0 aromatic heterocycles. The van der Waals surface area contributed by atoms with E-state index in [0.717, 1.165) is 14.5 Å². The predicted octanol–water partition coefficient (Wildman–Crippen LogP) is 4.19. The van der Waals surface area contributed by atoms with Crippen molar-refractivity contribution in [2.45, 2.75) is 6.61 Å². The van der Waals surface area contributed by atoms with Crippen molar-refractivity contribution in [3.05, 3.63) is 56.5 Å². The number of hydrogen-bond acceptors (Lipinski definition) is 3. The molecule has 20 heavy (non-hydrogen) atoms. The molecule has 0 atom stereocenters. The third-order valence-electron chi connectivity index (χ3n) is 2.53. The highest BCUT2D eigenvalue weighted by atomic mass is 79.9. The normalized spacial score (nSPS) is 10.3. The van der Waals surface area contributed by atoms with Crippen LogP contribution in [0.2, 0.25) is 0 Å². The van der Waals surface area contributed by atoms with Crippen LogP contribution < -0.4 is 4.74 Å². The van der Waals surface area contributed by atoms with Gasteiger partial charge in [-0.05, 0) is 42.0 Å². The van der Waals surface area contributed by atoms with E-state index in [1.807, 2.05) is 18.2 Å². The van der Waals surface area contributed by atoms with Gasteiger partial charge >= 0.3 is 5.97 Å². The zero-order valence-corrected chi connectivity index (χ0v) is 13.3. The summed E-state index contributed by atoms with van der Waals surface area (Å²) < 4.78 is 7.37. The summed E-state index contributed by atoms with van der Waals surface area (Å²) in [5, 5.41) is 18.3. The van der Waals surface area contributed by atoms with E-state index >= 15 is 0 Å². The SMILES string of the molecule is O=C(O)c1cc(OCc2cc(Br)cc(Br)c2)ccc1O. The molecule has 2 rings (SSSR count). The van der Waals surface area contributed by atoms with Crippen molar-refractivity contribution in [3.63, 3.8) is 0 Å². The summed E-state index contributed by atoms with van der Waals surface area (Å²) in [7, 11) is 0.